The first-order chi connectivity index (χ1) is 9.28. The van der Waals surface area contributed by atoms with Crippen molar-refractivity contribution in [3.8, 4) is 0 Å². The standard InChI is InChI=1S/C17H25NO/c1-2-14-5-7-15(8-6-14)12-17(19)10-9-16-4-3-11-18-13-16/h5-8,16,18H,2-4,9-13H2,1H3. The van der Waals surface area contributed by atoms with Crippen molar-refractivity contribution < 1.29 is 4.79 Å². The number of hydrogen-bond donors (Lipinski definition) is 1. The first kappa shape index (κ1) is 14.3. The Morgan fingerprint density at radius 2 is 2.00 bits per heavy atom. The van der Waals surface area contributed by atoms with Crippen molar-refractivity contribution in [3.05, 3.63) is 35.4 Å². The average Bonchev–Trinajstić information content (AvgIpc) is 2.47. The molecule has 1 aromatic carbocycles. The fraction of sp³-hybridized carbons (Fsp3) is 0.588. The van der Waals surface area contributed by atoms with Crippen LogP contribution in [0.15, 0.2) is 24.3 Å². The van der Waals surface area contributed by atoms with E-state index in [9.17, 15) is 4.79 Å². The SMILES string of the molecule is CCc1ccc(CC(=O)CCC2CCCNC2)cc1. The molecule has 0 bridgehead atoms. The van der Waals surface area contributed by atoms with Crippen LogP contribution in [0.1, 0.15) is 43.7 Å². The summed E-state index contributed by atoms with van der Waals surface area (Å²) in [6.07, 6.45) is 6.00. The van der Waals surface area contributed by atoms with Gasteiger partial charge in [-0.15, -0.1) is 0 Å². The Labute approximate surface area is 116 Å². The maximum absolute atomic E-state index is 12.0. The molecule has 1 atom stereocenters. The van der Waals surface area contributed by atoms with Gasteiger partial charge in [-0.2, -0.15) is 0 Å². The molecular weight excluding hydrogens is 234 g/mol. The van der Waals surface area contributed by atoms with E-state index >= 15 is 0 Å². The van der Waals surface area contributed by atoms with Crippen LogP contribution in [0, 0.1) is 5.92 Å². The quantitative estimate of drug-likeness (QED) is 0.850. The Balaban J connectivity index is 1.73. The van der Waals surface area contributed by atoms with Gasteiger partial charge in [-0.25, -0.2) is 0 Å². The lowest BCUT2D eigenvalue weighted by molar-refractivity contribution is -0.118. The summed E-state index contributed by atoms with van der Waals surface area (Å²) in [7, 11) is 0. The zero-order valence-electron chi connectivity index (χ0n) is 12.0. The maximum atomic E-state index is 12.0. The van der Waals surface area contributed by atoms with Crippen LogP contribution in [0.5, 0.6) is 0 Å². The Morgan fingerprint density at radius 3 is 2.63 bits per heavy atom. The van der Waals surface area contributed by atoms with Gasteiger partial charge >= 0.3 is 0 Å². The fourth-order valence-corrected chi connectivity index (χ4v) is 2.74. The molecule has 2 nitrogen and oxygen atoms in total. The number of hydrogen-bond acceptors (Lipinski definition) is 2. The molecule has 19 heavy (non-hydrogen) atoms. The van der Waals surface area contributed by atoms with E-state index in [1.54, 1.807) is 0 Å². The molecule has 0 aliphatic carbocycles. The Bertz CT molecular complexity index is 390. The molecule has 0 radical (unpaired) electrons. The molecule has 2 rings (SSSR count). The van der Waals surface area contributed by atoms with Crippen molar-refractivity contribution in [2.75, 3.05) is 13.1 Å². The van der Waals surface area contributed by atoms with Crippen LogP contribution in [0.25, 0.3) is 0 Å². The smallest absolute Gasteiger partial charge is 0.137 e. The van der Waals surface area contributed by atoms with Crippen molar-refractivity contribution in [1.82, 2.24) is 5.32 Å². The van der Waals surface area contributed by atoms with E-state index in [4.69, 9.17) is 0 Å². The topological polar surface area (TPSA) is 29.1 Å². The van der Waals surface area contributed by atoms with E-state index in [-0.39, 0.29) is 0 Å². The van der Waals surface area contributed by atoms with Crippen molar-refractivity contribution in [2.45, 2.75) is 45.4 Å². The number of carbonyl (C=O) groups is 1. The molecule has 0 amide bonds. The summed E-state index contributed by atoms with van der Waals surface area (Å²) in [4.78, 5) is 12.0. The highest BCUT2D eigenvalue weighted by molar-refractivity contribution is 5.80. The number of carbonyl (C=O) groups excluding carboxylic acids is 1. The predicted octanol–water partition coefficient (Wildman–Crippen LogP) is 3.14. The maximum Gasteiger partial charge on any atom is 0.137 e. The highest BCUT2D eigenvalue weighted by Crippen LogP contribution is 2.17. The van der Waals surface area contributed by atoms with Gasteiger partial charge in [0, 0.05) is 12.8 Å². The summed E-state index contributed by atoms with van der Waals surface area (Å²) < 4.78 is 0. The molecule has 1 N–H and O–H groups in total. The van der Waals surface area contributed by atoms with E-state index < -0.39 is 0 Å². The normalized spacial score (nSPS) is 19.3. The monoisotopic (exact) mass is 259 g/mol. The van der Waals surface area contributed by atoms with Crippen LogP contribution in [0.2, 0.25) is 0 Å². The average molecular weight is 259 g/mol. The third kappa shape index (κ3) is 4.79. The number of nitrogens with one attached hydrogen (secondary N) is 1. The highest BCUT2D eigenvalue weighted by Gasteiger charge is 2.14. The molecule has 1 unspecified atom stereocenters. The largest absolute Gasteiger partial charge is 0.316 e. The lowest BCUT2D eigenvalue weighted by atomic mass is 9.92. The number of Topliss-reactive ketones (excluding diaryl/α,β-unsaturated/α-hetero) is 1. The zero-order valence-corrected chi connectivity index (χ0v) is 12.0. The molecule has 1 aliphatic rings. The number of rotatable bonds is 6. The lowest BCUT2D eigenvalue weighted by Gasteiger charge is -2.22. The summed E-state index contributed by atoms with van der Waals surface area (Å²) >= 11 is 0. The van der Waals surface area contributed by atoms with Crippen LogP contribution in [-0.2, 0) is 17.6 Å². The molecule has 1 aliphatic heterocycles. The van der Waals surface area contributed by atoms with Gasteiger partial charge in [-0.05, 0) is 55.8 Å². The van der Waals surface area contributed by atoms with Crippen molar-refractivity contribution in [1.29, 1.82) is 0 Å². The molecule has 2 heteroatoms. The second-order valence-electron chi connectivity index (χ2n) is 5.64. The van der Waals surface area contributed by atoms with E-state index in [2.05, 4.69) is 36.5 Å². The van der Waals surface area contributed by atoms with E-state index in [0.29, 0.717) is 18.1 Å². The van der Waals surface area contributed by atoms with Crippen LogP contribution in [0.3, 0.4) is 0 Å². The van der Waals surface area contributed by atoms with Gasteiger partial charge in [0.25, 0.3) is 0 Å². The number of piperidine rings is 1. The molecule has 0 saturated carbocycles. The second kappa shape index (κ2) is 7.44. The summed E-state index contributed by atoms with van der Waals surface area (Å²) in [5.74, 6) is 1.09. The van der Waals surface area contributed by atoms with E-state index in [1.165, 1.54) is 18.4 Å². The van der Waals surface area contributed by atoms with Gasteiger partial charge in [0.15, 0.2) is 0 Å². The van der Waals surface area contributed by atoms with E-state index in [1.807, 2.05) is 0 Å². The summed E-state index contributed by atoms with van der Waals surface area (Å²) in [5, 5.41) is 3.41. The predicted molar refractivity (Wildman–Crippen MR) is 79.4 cm³/mol. The Morgan fingerprint density at radius 1 is 1.26 bits per heavy atom. The first-order valence-electron chi connectivity index (χ1n) is 7.58. The van der Waals surface area contributed by atoms with Crippen molar-refractivity contribution in [2.24, 2.45) is 5.92 Å². The van der Waals surface area contributed by atoms with Crippen LogP contribution < -0.4 is 5.32 Å². The summed E-state index contributed by atoms with van der Waals surface area (Å²) in [5.41, 5.74) is 2.49. The van der Waals surface area contributed by atoms with Gasteiger partial charge in [0.1, 0.15) is 5.78 Å². The minimum Gasteiger partial charge on any atom is -0.316 e. The van der Waals surface area contributed by atoms with Gasteiger partial charge in [-0.3, -0.25) is 4.79 Å². The number of benzene rings is 1. The minimum absolute atomic E-state index is 0.384. The molecule has 1 heterocycles. The van der Waals surface area contributed by atoms with Crippen LogP contribution in [0.4, 0.5) is 0 Å². The molecule has 0 aromatic heterocycles. The Kier molecular flexibility index (Phi) is 5.59. The summed E-state index contributed by atoms with van der Waals surface area (Å²) in [6.45, 7) is 4.39. The molecule has 0 spiro atoms. The Hall–Kier alpha value is -1.15. The van der Waals surface area contributed by atoms with Gasteiger partial charge in [0.05, 0.1) is 0 Å². The molecule has 1 aromatic rings. The number of ketones is 1. The molecule has 1 saturated heterocycles. The lowest BCUT2D eigenvalue weighted by Crippen LogP contribution is -2.30. The minimum atomic E-state index is 0.384. The number of aryl methyl sites for hydroxylation is 1. The zero-order chi connectivity index (χ0) is 13.5. The molecule has 1 fully saturated rings. The van der Waals surface area contributed by atoms with Crippen molar-refractivity contribution in [3.63, 3.8) is 0 Å². The molecule has 104 valence electrons. The second-order valence-corrected chi connectivity index (χ2v) is 5.64. The van der Waals surface area contributed by atoms with E-state index in [0.717, 1.165) is 37.9 Å². The first-order valence-corrected chi connectivity index (χ1v) is 7.58. The van der Waals surface area contributed by atoms with Crippen molar-refractivity contribution >= 4 is 5.78 Å². The highest BCUT2D eigenvalue weighted by atomic mass is 16.1. The fourth-order valence-electron chi connectivity index (χ4n) is 2.74. The third-order valence-electron chi connectivity index (χ3n) is 4.06. The summed E-state index contributed by atoms with van der Waals surface area (Å²) in [6, 6.07) is 8.46. The third-order valence-corrected chi connectivity index (χ3v) is 4.06. The van der Waals surface area contributed by atoms with Gasteiger partial charge < -0.3 is 5.32 Å². The van der Waals surface area contributed by atoms with Crippen LogP contribution in [-0.4, -0.2) is 18.9 Å². The van der Waals surface area contributed by atoms with Gasteiger partial charge in [-0.1, -0.05) is 31.2 Å². The molecular formula is C17H25NO. The van der Waals surface area contributed by atoms with Gasteiger partial charge in [0.2, 0.25) is 0 Å². The van der Waals surface area contributed by atoms with Crippen LogP contribution >= 0.6 is 0 Å².